The molecule has 5 aromatic rings. The number of carbonyl (C=O) groups excluding carboxylic acids is 2. The molecule has 1 unspecified atom stereocenters. The van der Waals surface area contributed by atoms with Gasteiger partial charge in [0.05, 0.1) is 34.5 Å². The minimum atomic E-state index is -4.10. The Morgan fingerprint density at radius 1 is 1.05 bits per heavy atom. The van der Waals surface area contributed by atoms with Gasteiger partial charge >= 0.3 is 5.97 Å². The summed E-state index contributed by atoms with van der Waals surface area (Å²) in [5.74, 6) is -0.733. The topological polar surface area (TPSA) is 120 Å². The van der Waals surface area contributed by atoms with Gasteiger partial charge in [-0.2, -0.15) is 13.0 Å². The molecule has 6 rings (SSSR count). The standard InChI is InChI=1S/C41H45ClN4O6S3/c1-4-52-41(48)29(3)44(32-16-12-28(2)13-17-32)24-20-37(47)43-21-7-8-22-45-34-26-31(42)15-19-35(34)53-38(45)27-39-46(23-9-25-55(49,50)51)40-33-11-6-5-10-30(33)14-18-36(40)54-39/h5-6,10-19,26-27,29H,4,7-9,20-25H2,1-3H3,(H-,43,47,49,50,51)/p+1. The molecule has 1 atom stereocenters. The number of nitrogens with zero attached hydrogens (tertiary/aromatic N) is 3. The predicted molar refractivity (Wildman–Crippen MR) is 225 cm³/mol. The molecule has 0 bridgehead atoms. The second-order valence-electron chi connectivity index (χ2n) is 13.5. The van der Waals surface area contributed by atoms with Crippen molar-refractivity contribution < 1.29 is 31.9 Å². The van der Waals surface area contributed by atoms with E-state index in [0.717, 1.165) is 65.7 Å². The Hall–Kier alpha value is -4.14. The summed E-state index contributed by atoms with van der Waals surface area (Å²) in [7, 11) is -4.10. The van der Waals surface area contributed by atoms with E-state index in [0.29, 0.717) is 37.8 Å². The highest BCUT2D eigenvalue weighted by molar-refractivity contribution is 8.03. The fourth-order valence-corrected chi connectivity index (χ4v) is 9.71. The van der Waals surface area contributed by atoms with Crippen LogP contribution >= 0.6 is 34.7 Å². The van der Waals surface area contributed by atoms with Crippen molar-refractivity contribution in [1.82, 2.24) is 5.32 Å². The van der Waals surface area contributed by atoms with Crippen LogP contribution in [0, 0.1) is 6.92 Å². The number of fused-ring (bicyclic) bond motifs is 4. The van der Waals surface area contributed by atoms with Crippen LogP contribution in [0.1, 0.15) is 50.1 Å². The van der Waals surface area contributed by atoms with Crippen LogP contribution in [0.15, 0.2) is 88.8 Å². The smallest absolute Gasteiger partial charge is 0.328 e. The SMILES string of the molecule is CCOC(=O)C(C)N(CCC(=O)NCCCCN1C(=Cc2sc3ccc4ccccc4c3[n+]2CCCS(=O)(=O)O)Sc2ccc(Cl)cc21)c1ccc(C)cc1. The molecule has 1 aromatic heterocycles. The van der Waals surface area contributed by atoms with Crippen LogP contribution in [-0.4, -0.2) is 62.9 Å². The maximum absolute atomic E-state index is 13.0. The van der Waals surface area contributed by atoms with Crippen LogP contribution in [0.5, 0.6) is 0 Å². The van der Waals surface area contributed by atoms with Crippen LogP contribution in [0.25, 0.3) is 27.1 Å². The van der Waals surface area contributed by atoms with Crippen molar-refractivity contribution in [3.63, 3.8) is 0 Å². The minimum absolute atomic E-state index is 0.0848. The lowest BCUT2D eigenvalue weighted by Gasteiger charge is -2.29. The number of anilines is 2. The molecule has 0 saturated heterocycles. The largest absolute Gasteiger partial charge is 0.464 e. The summed E-state index contributed by atoms with van der Waals surface area (Å²) in [5, 5.41) is 7.87. The van der Waals surface area contributed by atoms with E-state index < -0.39 is 16.2 Å². The lowest BCUT2D eigenvalue weighted by molar-refractivity contribution is -0.667. The molecule has 2 N–H and O–H groups in total. The molecule has 0 fully saturated rings. The Kier molecular flexibility index (Phi) is 13.4. The monoisotopic (exact) mass is 821 g/mol. The predicted octanol–water partition coefficient (Wildman–Crippen LogP) is 8.24. The highest BCUT2D eigenvalue weighted by Gasteiger charge is 2.29. The highest BCUT2D eigenvalue weighted by atomic mass is 35.5. The third-order valence-electron chi connectivity index (χ3n) is 9.51. The Morgan fingerprint density at radius 2 is 1.84 bits per heavy atom. The van der Waals surface area contributed by atoms with Gasteiger partial charge in [-0.15, -0.1) is 0 Å². The number of unbranched alkanes of at least 4 members (excludes halogenated alkanes) is 1. The number of amides is 1. The first kappa shape index (κ1) is 40.5. The molecule has 0 saturated carbocycles. The van der Waals surface area contributed by atoms with Gasteiger partial charge in [0, 0.05) is 48.1 Å². The van der Waals surface area contributed by atoms with Crippen molar-refractivity contribution >= 4 is 95.1 Å². The van der Waals surface area contributed by atoms with Crippen molar-refractivity contribution in [2.24, 2.45) is 0 Å². The zero-order chi connectivity index (χ0) is 39.1. The average molecular weight is 822 g/mol. The molecule has 0 radical (unpaired) electrons. The number of carbonyl (C=O) groups is 2. The number of benzene rings is 4. The number of nitrogens with one attached hydrogen (secondary N) is 1. The Balaban J connectivity index is 1.14. The normalized spacial score (nSPS) is 14.1. The first-order valence-corrected chi connectivity index (χ1v) is 22.1. The number of thioether (sulfide) groups is 1. The number of aryl methyl sites for hydroxylation is 2. The lowest BCUT2D eigenvalue weighted by atomic mass is 10.1. The molecule has 4 aromatic carbocycles. The molecule has 2 heterocycles. The van der Waals surface area contributed by atoms with Gasteiger partial charge in [0.25, 0.3) is 15.1 Å². The van der Waals surface area contributed by atoms with E-state index in [1.165, 1.54) is 0 Å². The van der Waals surface area contributed by atoms with Gasteiger partial charge in [0.2, 0.25) is 11.4 Å². The van der Waals surface area contributed by atoms with E-state index in [-0.39, 0.29) is 30.5 Å². The van der Waals surface area contributed by atoms with Gasteiger partial charge in [-0.1, -0.05) is 76.7 Å². The quantitative estimate of drug-likeness (QED) is 0.0414. The third kappa shape index (κ3) is 10.2. The number of halogens is 1. The molecule has 1 amide bonds. The van der Waals surface area contributed by atoms with Gasteiger partial charge in [-0.3, -0.25) is 9.35 Å². The van der Waals surface area contributed by atoms with Crippen molar-refractivity contribution in [2.45, 2.75) is 63.9 Å². The molecule has 1 aliphatic rings. The minimum Gasteiger partial charge on any atom is -0.464 e. The fraction of sp³-hybridized carbons (Fsp3) is 0.341. The molecular formula is C41H46ClN4O6S3+. The van der Waals surface area contributed by atoms with Gasteiger partial charge in [-0.05, 0) is 81.5 Å². The molecule has 290 valence electrons. The van der Waals surface area contributed by atoms with Crippen molar-refractivity contribution in [3.8, 4) is 0 Å². The van der Waals surface area contributed by atoms with E-state index in [4.69, 9.17) is 16.3 Å². The number of aromatic nitrogens is 1. The van der Waals surface area contributed by atoms with Crippen LogP contribution in [0.2, 0.25) is 5.02 Å². The number of hydrogen-bond donors (Lipinski definition) is 2. The lowest BCUT2D eigenvalue weighted by Crippen LogP contribution is -2.42. The summed E-state index contributed by atoms with van der Waals surface area (Å²) < 4.78 is 41.3. The second kappa shape index (κ2) is 18.2. The fourth-order valence-electron chi connectivity index (χ4n) is 6.73. The molecule has 0 aliphatic carbocycles. The summed E-state index contributed by atoms with van der Waals surface area (Å²) >= 11 is 9.80. The number of thiazole rings is 1. The van der Waals surface area contributed by atoms with Crippen LogP contribution in [0.3, 0.4) is 0 Å². The third-order valence-corrected chi connectivity index (χ3v) is 12.8. The number of rotatable bonds is 17. The van der Waals surface area contributed by atoms with E-state index >= 15 is 0 Å². The summed E-state index contributed by atoms with van der Waals surface area (Å²) in [4.78, 5) is 30.9. The average Bonchev–Trinajstić information content (AvgIpc) is 3.68. The van der Waals surface area contributed by atoms with Gasteiger partial charge < -0.3 is 19.9 Å². The molecule has 55 heavy (non-hydrogen) atoms. The van der Waals surface area contributed by atoms with E-state index in [1.54, 1.807) is 36.9 Å². The Labute approximate surface area is 335 Å². The second-order valence-corrected chi connectivity index (χ2v) is 17.6. The maximum Gasteiger partial charge on any atom is 0.328 e. The van der Waals surface area contributed by atoms with E-state index in [2.05, 4.69) is 45.1 Å². The summed E-state index contributed by atoms with van der Waals surface area (Å²) in [6, 6.07) is 25.6. The van der Waals surface area contributed by atoms with Crippen molar-refractivity contribution in [1.29, 1.82) is 0 Å². The number of ether oxygens (including phenoxy) is 1. The highest BCUT2D eigenvalue weighted by Crippen LogP contribution is 2.48. The zero-order valence-corrected chi connectivity index (χ0v) is 34.4. The molecule has 10 nitrogen and oxygen atoms in total. The maximum atomic E-state index is 13.0. The summed E-state index contributed by atoms with van der Waals surface area (Å²) in [6.07, 6.45) is 4.20. The number of esters is 1. The van der Waals surface area contributed by atoms with Gasteiger partial charge in [0.1, 0.15) is 10.7 Å². The summed E-state index contributed by atoms with van der Waals surface area (Å²) in [5.41, 5.74) is 4.02. The van der Waals surface area contributed by atoms with Crippen LogP contribution in [0.4, 0.5) is 11.4 Å². The number of hydrogen-bond acceptors (Lipinski definition) is 9. The first-order valence-electron chi connectivity index (χ1n) is 18.4. The van der Waals surface area contributed by atoms with E-state index in [1.807, 2.05) is 66.4 Å². The van der Waals surface area contributed by atoms with Gasteiger partial charge in [-0.25, -0.2) is 4.79 Å². The molecular weight excluding hydrogens is 776 g/mol. The van der Waals surface area contributed by atoms with Crippen molar-refractivity contribution in [3.05, 3.63) is 99.5 Å². The Bertz CT molecular complexity index is 2310. The van der Waals surface area contributed by atoms with E-state index in [9.17, 15) is 22.6 Å². The van der Waals surface area contributed by atoms with Crippen LogP contribution in [-0.2, 0) is 31.0 Å². The molecule has 0 spiro atoms. The Morgan fingerprint density at radius 3 is 2.60 bits per heavy atom. The van der Waals surface area contributed by atoms with Gasteiger partial charge in [0.15, 0.2) is 6.54 Å². The summed E-state index contributed by atoms with van der Waals surface area (Å²) in [6.45, 7) is 7.87. The first-order chi connectivity index (χ1) is 26.4. The van der Waals surface area contributed by atoms with Crippen LogP contribution < -0.4 is 19.7 Å². The molecule has 1 aliphatic heterocycles. The molecule has 14 heteroatoms. The van der Waals surface area contributed by atoms with Crippen molar-refractivity contribution in [2.75, 3.05) is 41.8 Å². The zero-order valence-electron chi connectivity index (χ0n) is 31.2.